The van der Waals surface area contributed by atoms with Crippen molar-refractivity contribution in [1.82, 2.24) is 10.2 Å². The number of hydrogen-bond acceptors (Lipinski definition) is 6. The molecule has 28 heavy (non-hydrogen) atoms. The predicted molar refractivity (Wildman–Crippen MR) is 99.7 cm³/mol. The Kier molecular flexibility index (Phi) is 7.72. The Morgan fingerprint density at radius 1 is 1.39 bits per heavy atom. The summed E-state index contributed by atoms with van der Waals surface area (Å²) in [5.41, 5.74) is 0.276. The smallest absolute Gasteiger partial charge is 0.255 e. The monoisotopic (exact) mass is 386 g/mol. The Morgan fingerprint density at radius 3 is 2.86 bits per heavy atom. The van der Waals surface area contributed by atoms with Gasteiger partial charge in [-0.3, -0.25) is 24.5 Å². The van der Waals surface area contributed by atoms with Crippen LogP contribution in [0.1, 0.15) is 46.4 Å². The van der Waals surface area contributed by atoms with Gasteiger partial charge in [0.1, 0.15) is 18.4 Å². The molecule has 8 nitrogen and oxygen atoms in total. The number of rotatable bonds is 7. The maximum absolute atomic E-state index is 12.8. The largest absolute Gasteiger partial charge is 0.481 e. The molecule has 1 aromatic carbocycles. The SMILES string of the molecule is CN(C(=O)c1cc(OCC#CCCCO)ccc1C=O)C1CCC(=O)NC1=O. The minimum absolute atomic E-state index is 0.0782. The molecule has 1 atom stereocenters. The van der Waals surface area contributed by atoms with E-state index in [1.807, 2.05) is 0 Å². The molecular weight excluding hydrogens is 364 g/mol. The Labute approximate surface area is 162 Å². The average Bonchev–Trinajstić information content (AvgIpc) is 2.69. The third-order valence-electron chi connectivity index (χ3n) is 4.28. The Balaban J connectivity index is 2.12. The molecule has 1 aliphatic heterocycles. The van der Waals surface area contributed by atoms with Gasteiger partial charge in [0.25, 0.3) is 5.91 Å². The number of likely N-dealkylation sites (N-methyl/N-ethyl adjacent to an activating group) is 1. The fourth-order valence-corrected chi connectivity index (χ4v) is 2.72. The number of carbonyl (C=O) groups is 4. The van der Waals surface area contributed by atoms with Gasteiger partial charge in [0.15, 0.2) is 6.29 Å². The highest BCUT2D eigenvalue weighted by Gasteiger charge is 2.33. The maximum Gasteiger partial charge on any atom is 0.255 e. The second kappa shape index (κ2) is 10.2. The average molecular weight is 386 g/mol. The fourth-order valence-electron chi connectivity index (χ4n) is 2.72. The van der Waals surface area contributed by atoms with E-state index < -0.39 is 17.9 Å². The number of aliphatic hydroxyl groups is 1. The van der Waals surface area contributed by atoms with E-state index in [2.05, 4.69) is 17.2 Å². The van der Waals surface area contributed by atoms with Crippen LogP contribution < -0.4 is 10.1 Å². The number of unbranched alkanes of at least 4 members (excludes halogenated alkanes) is 1. The zero-order valence-electron chi connectivity index (χ0n) is 15.6. The first-order chi connectivity index (χ1) is 13.5. The zero-order chi connectivity index (χ0) is 20.5. The van der Waals surface area contributed by atoms with Crippen molar-refractivity contribution in [3.05, 3.63) is 29.3 Å². The number of hydrogen-bond donors (Lipinski definition) is 2. The predicted octanol–water partition coefficient (Wildman–Crippen LogP) is 0.531. The molecule has 8 heteroatoms. The lowest BCUT2D eigenvalue weighted by Gasteiger charge is -2.30. The number of nitrogens with one attached hydrogen (secondary N) is 1. The van der Waals surface area contributed by atoms with Crippen LogP contribution in [0.4, 0.5) is 0 Å². The van der Waals surface area contributed by atoms with Gasteiger partial charge >= 0.3 is 0 Å². The summed E-state index contributed by atoms with van der Waals surface area (Å²) in [6.45, 7) is 0.178. The van der Waals surface area contributed by atoms with E-state index in [1.165, 1.54) is 24.1 Å². The van der Waals surface area contributed by atoms with Gasteiger partial charge in [0, 0.05) is 32.1 Å². The van der Waals surface area contributed by atoms with Crippen molar-refractivity contribution >= 4 is 24.0 Å². The number of imide groups is 1. The Bertz CT molecular complexity index is 824. The first-order valence-electron chi connectivity index (χ1n) is 8.87. The highest BCUT2D eigenvalue weighted by Crippen LogP contribution is 2.21. The molecular formula is C20H22N2O6. The first kappa shape index (κ1) is 21.1. The van der Waals surface area contributed by atoms with Crippen molar-refractivity contribution in [2.24, 2.45) is 0 Å². The summed E-state index contributed by atoms with van der Waals surface area (Å²) in [5, 5.41) is 10.9. The molecule has 0 aromatic heterocycles. The number of ether oxygens (including phenoxy) is 1. The van der Waals surface area contributed by atoms with Crippen molar-refractivity contribution in [1.29, 1.82) is 0 Å². The normalized spacial score (nSPS) is 15.9. The van der Waals surface area contributed by atoms with E-state index in [4.69, 9.17) is 9.84 Å². The number of amides is 3. The van der Waals surface area contributed by atoms with Crippen LogP contribution in [0.3, 0.4) is 0 Å². The maximum atomic E-state index is 12.8. The molecule has 2 N–H and O–H groups in total. The molecule has 1 fully saturated rings. The minimum Gasteiger partial charge on any atom is -0.481 e. The lowest BCUT2D eigenvalue weighted by Crippen LogP contribution is -2.53. The van der Waals surface area contributed by atoms with Crippen LogP contribution in [0.15, 0.2) is 18.2 Å². The summed E-state index contributed by atoms with van der Waals surface area (Å²) >= 11 is 0. The standard InChI is InChI=1S/C20H22N2O6/c1-22(17-8-9-18(25)21-19(17)26)20(27)16-12-15(7-6-14(16)13-24)28-11-5-3-2-4-10-23/h6-7,12-13,17,23H,2,4,8-11H2,1H3,(H,21,25,26). The fraction of sp³-hybridized carbons (Fsp3) is 0.400. The van der Waals surface area contributed by atoms with E-state index in [0.717, 1.165) is 0 Å². The molecule has 0 aliphatic carbocycles. The lowest BCUT2D eigenvalue weighted by atomic mass is 10.0. The molecule has 2 rings (SSSR count). The summed E-state index contributed by atoms with van der Waals surface area (Å²) in [5.74, 6) is 4.58. The van der Waals surface area contributed by atoms with E-state index in [-0.39, 0.29) is 43.1 Å². The molecule has 3 amide bonds. The summed E-state index contributed by atoms with van der Waals surface area (Å²) in [6, 6.07) is 3.67. The molecule has 1 saturated heterocycles. The highest BCUT2D eigenvalue weighted by molar-refractivity contribution is 6.06. The van der Waals surface area contributed by atoms with Crippen molar-refractivity contribution < 1.29 is 29.0 Å². The minimum atomic E-state index is -0.785. The summed E-state index contributed by atoms with van der Waals surface area (Å²) in [7, 11) is 1.46. The number of aldehydes is 1. The number of nitrogens with zero attached hydrogens (tertiary/aromatic N) is 1. The molecule has 0 spiro atoms. The van der Waals surface area contributed by atoms with Crippen molar-refractivity contribution in [3.63, 3.8) is 0 Å². The number of piperidine rings is 1. The third-order valence-corrected chi connectivity index (χ3v) is 4.28. The van der Waals surface area contributed by atoms with Crippen molar-refractivity contribution in [3.8, 4) is 17.6 Å². The number of benzene rings is 1. The third kappa shape index (κ3) is 5.41. The van der Waals surface area contributed by atoms with E-state index in [0.29, 0.717) is 24.9 Å². The molecule has 1 unspecified atom stereocenters. The van der Waals surface area contributed by atoms with E-state index in [9.17, 15) is 19.2 Å². The van der Waals surface area contributed by atoms with Crippen LogP contribution in [0.2, 0.25) is 0 Å². The van der Waals surface area contributed by atoms with E-state index >= 15 is 0 Å². The molecule has 0 bridgehead atoms. The van der Waals surface area contributed by atoms with Gasteiger partial charge in [-0.2, -0.15) is 0 Å². The van der Waals surface area contributed by atoms with Gasteiger partial charge in [-0.25, -0.2) is 0 Å². The molecule has 1 heterocycles. The molecule has 148 valence electrons. The topological polar surface area (TPSA) is 113 Å². The van der Waals surface area contributed by atoms with Gasteiger partial charge in [-0.15, -0.1) is 0 Å². The lowest BCUT2D eigenvalue weighted by molar-refractivity contribution is -0.136. The van der Waals surface area contributed by atoms with Gasteiger partial charge in [-0.1, -0.05) is 11.8 Å². The van der Waals surface area contributed by atoms with Crippen LogP contribution in [-0.2, 0) is 9.59 Å². The molecule has 0 radical (unpaired) electrons. The second-order valence-electron chi connectivity index (χ2n) is 6.22. The summed E-state index contributed by atoms with van der Waals surface area (Å²) in [4.78, 5) is 48.7. The Hall–Kier alpha value is -3.18. The van der Waals surface area contributed by atoms with Crippen LogP contribution in [0.25, 0.3) is 0 Å². The molecule has 1 aromatic rings. The van der Waals surface area contributed by atoms with Crippen molar-refractivity contribution in [2.75, 3.05) is 20.3 Å². The second-order valence-corrected chi connectivity index (χ2v) is 6.22. The van der Waals surface area contributed by atoms with Crippen LogP contribution in [-0.4, -0.2) is 60.3 Å². The zero-order valence-corrected chi connectivity index (χ0v) is 15.6. The van der Waals surface area contributed by atoms with Gasteiger partial charge in [0.05, 0.1) is 5.56 Å². The molecule has 1 aliphatic rings. The first-order valence-corrected chi connectivity index (χ1v) is 8.87. The summed E-state index contributed by atoms with van der Waals surface area (Å²) < 4.78 is 5.49. The number of carbonyl (C=O) groups excluding carboxylic acids is 4. The van der Waals surface area contributed by atoms with Crippen LogP contribution in [0.5, 0.6) is 5.75 Å². The van der Waals surface area contributed by atoms with Crippen molar-refractivity contribution in [2.45, 2.75) is 31.7 Å². The van der Waals surface area contributed by atoms with Gasteiger partial charge in [0.2, 0.25) is 11.8 Å². The highest BCUT2D eigenvalue weighted by atomic mass is 16.5. The van der Waals surface area contributed by atoms with Crippen LogP contribution in [0, 0.1) is 11.8 Å². The Morgan fingerprint density at radius 2 is 2.18 bits per heavy atom. The van der Waals surface area contributed by atoms with E-state index in [1.54, 1.807) is 6.07 Å². The quantitative estimate of drug-likeness (QED) is 0.306. The van der Waals surface area contributed by atoms with Gasteiger partial charge in [-0.05, 0) is 31.0 Å². The van der Waals surface area contributed by atoms with Gasteiger partial charge < -0.3 is 14.7 Å². The van der Waals surface area contributed by atoms with Crippen LogP contribution >= 0.6 is 0 Å². The molecule has 0 saturated carbocycles. The summed E-state index contributed by atoms with van der Waals surface area (Å²) in [6.07, 6.45) is 2.08. The number of aliphatic hydroxyl groups excluding tert-OH is 1.